The zero-order chi connectivity index (χ0) is 6.97. The predicted octanol–water partition coefficient (Wildman–Crippen LogP) is 1.79. The number of hydrogen-bond acceptors (Lipinski definition) is 2. The summed E-state index contributed by atoms with van der Waals surface area (Å²) < 4.78 is 0. The number of aromatic nitrogens is 1. The number of pyridine rings is 1. The molecule has 0 fully saturated rings. The Morgan fingerprint density at radius 3 is 3.40 bits per heavy atom. The largest absolute Gasteiger partial charge is 0.368 e. The van der Waals surface area contributed by atoms with E-state index >= 15 is 0 Å². The van der Waals surface area contributed by atoms with Crippen molar-refractivity contribution < 1.29 is 0 Å². The third kappa shape index (κ3) is 0.762. The van der Waals surface area contributed by atoms with Gasteiger partial charge in [0.25, 0.3) is 0 Å². The summed E-state index contributed by atoms with van der Waals surface area (Å²) in [5, 5.41) is 3.21. The third-order valence-electron chi connectivity index (χ3n) is 1.63. The number of hydrogen-bond donors (Lipinski definition) is 1. The zero-order valence-corrected chi connectivity index (χ0v) is 6.10. The molecule has 0 aromatic carbocycles. The Morgan fingerprint density at radius 1 is 1.70 bits per heavy atom. The molecule has 0 spiro atoms. The molecule has 1 aromatic heterocycles. The number of nitrogens with zero attached hydrogens (tertiary/aromatic N) is 1. The van der Waals surface area contributed by atoms with Gasteiger partial charge in [0.15, 0.2) is 0 Å². The maximum Gasteiger partial charge on any atom is 0.130 e. The topological polar surface area (TPSA) is 24.9 Å². The van der Waals surface area contributed by atoms with Gasteiger partial charge >= 0.3 is 0 Å². The van der Waals surface area contributed by atoms with Crippen molar-refractivity contribution in [3.8, 4) is 0 Å². The number of fused-ring (bicyclic) bond motifs is 1. The van der Waals surface area contributed by atoms with E-state index in [-0.39, 0.29) is 5.38 Å². The average molecular weight is 155 g/mol. The van der Waals surface area contributed by atoms with E-state index in [1.807, 2.05) is 12.1 Å². The van der Waals surface area contributed by atoms with Gasteiger partial charge in [-0.25, -0.2) is 4.98 Å². The number of halogens is 1. The first-order valence-electron chi connectivity index (χ1n) is 3.21. The van der Waals surface area contributed by atoms with Gasteiger partial charge in [-0.05, 0) is 6.07 Å². The molecular weight excluding hydrogens is 148 g/mol. The van der Waals surface area contributed by atoms with E-state index in [0.29, 0.717) is 0 Å². The van der Waals surface area contributed by atoms with Crippen molar-refractivity contribution >= 4 is 17.4 Å². The van der Waals surface area contributed by atoms with Crippen molar-refractivity contribution in [1.29, 1.82) is 0 Å². The van der Waals surface area contributed by atoms with E-state index in [4.69, 9.17) is 11.6 Å². The van der Waals surface area contributed by atoms with Crippen molar-refractivity contribution in [1.82, 2.24) is 4.98 Å². The highest BCUT2D eigenvalue weighted by molar-refractivity contribution is 6.22. The summed E-state index contributed by atoms with van der Waals surface area (Å²) in [5.41, 5.74) is 1.11. The third-order valence-corrected chi connectivity index (χ3v) is 2.01. The SMILES string of the molecule is ClC1CNc2ncccc21. The molecule has 0 saturated carbocycles. The van der Waals surface area contributed by atoms with E-state index in [2.05, 4.69) is 10.3 Å². The van der Waals surface area contributed by atoms with Crippen molar-refractivity contribution in [2.45, 2.75) is 5.38 Å². The van der Waals surface area contributed by atoms with Gasteiger partial charge < -0.3 is 5.32 Å². The van der Waals surface area contributed by atoms with Crippen LogP contribution in [0.25, 0.3) is 0 Å². The maximum atomic E-state index is 5.94. The average Bonchev–Trinajstić information content (AvgIpc) is 2.34. The molecule has 0 amide bonds. The Balaban J connectivity index is 2.51. The summed E-state index contributed by atoms with van der Waals surface area (Å²) in [6.07, 6.45) is 1.76. The van der Waals surface area contributed by atoms with Gasteiger partial charge in [0.2, 0.25) is 0 Å². The fourth-order valence-electron chi connectivity index (χ4n) is 1.11. The summed E-state index contributed by atoms with van der Waals surface area (Å²) in [4.78, 5) is 4.11. The normalized spacial score (nSPS) is 21.9. The summed E-state index contributed by atoms with van der Waals surface area (Å²) in [6.45, 7) is 0.800. The quantitative estimate of drug-likeness (QED) is 0.577. The fraction of sp³-hybridized carbons (Fsp3) is 0.286. The number of rotatable bonds is 0. The predicted molar refractivity (Wildman–Crippen MR) is 41.3 cm³/mol. The minimum absolute atomic E-state index is 0.101. The van der Waals surface area contributed by atoms with Crippen LogP contribution in [0.1, 0.15) is 10.9 Å². The smallest absolute Gasteiger partial charge is 0.130 e. The minimum Gasteiger partial charge on any atom is -0.368 e. The Hall–Kier alpha value is -0.760. The second-order valence-electron chi connectivity index (χ2n) is 2.29. The number of nitrogens with one attached hydrogen (secondary N) is 1. The zero-order valence-electron chi connectivity index (χ0n) is 5.34. The Morgan fingerprint density at radius 2 is 2.60 bits per heavy atom. The Kier molecular flexibility index (Phi) is 1.27. The molecule has 1 atom stereocenters. The molecule has 3 heteroatoms. The van der Waals surface area contributed by atoms with Gasteiger partial charge in [-0.15, -0.1) is 11.6 Å². The van der Waals surface area contributed by atoms with E-state index in [9.17, 15) is 0 Å². The lowest BCUT2D eigenvalue weighted by Crippen LogP contribution is -1.94. The van der Waals surface area contributed by atoms with Crippen LogP contribution >= 0.6 is 11.6 Å². The molecule has 52 valence electrons. The molecule has 1 aliphatic heterocycles. The molecule has 1 N–H and O–H groups in total. The Labute approximate surface area is 64.2 Å². The van der Waals surface area contributed by atoms with Gasteiger partial charge in [0.05, 0.1) is 5.38 Å². The fourth-order valence-corrected chi connectivity index (χ4v) is 1.37. The van der Waals surface area contributed by atoms with Crippen LogP contribution in [0.3, 0.4) is 0 Å². The summed E-state index contributed by atoms with van der Waals surface area (Å²) in [7, 11) is 0. The first kappa shape index (κ1) is 5.98. The monoisotopic (exact) mass is 154 g/mol. The molecular formula is C7H7ClN2. The van der Waals surface area contributed by atoms with Crippen molar-refractivity contribution in [3.05, 3.63) is 23.9 Å². The van der Waals surface area contributed by atoms with Crippen molar-refractivity contribution in [2.75, 3.05) is 11.9 Å². The second-order valence-corrected chi connectivity index (χ2v) is 2.82. The van der Waals surface area contributed by atoms with Gasteiger partial charge in [-0.2, -0.15) is 0 Å². The summed E-state index contributed by atoms with van der Waals surface area (Å²) in [5.74, 6) is 0.933. The van der Waals surface area contributed by atoms with Crippen LogP contribution in [-0.4, -0.2) is 11.5 Å². The lowest BCUT2D eigenvalue weighted by atomic mass is 10.2. The molecule has 1 aromatic rings. The second kappa shape index (κ2) is 2.13. The molecule has 2 nitrogen and oxygen atoms in total. The van der Waals surface area contributed by atoms with Crippen LogP contribution in [0.5, 0.6) is 0 Å². The van der Waals surface area contributed by atoms with E-state index in [1.165, 1.54) is 0 Å². The molecule has 0 radical (unpaired) electrons. The van der Waals surface area contributed by atoms with E-state index in [1.54, 1.807) is 6.20 Å². The molecule has 1 unspecified atom stereocenters. The molecule has 0 bridgehead atoms. The highest BCUT2D eigenvalue weighted by Gasteiger charge is 2.19. The van der Waals surface area contributed by atoms with Gasteiger partial charge in [0.1, 0.15) is 5.82 Å². The number of anilines is 1. The summed E-state index contributed by atoms with van der Waals surface area (Å²) >= 11 is 5.94. The maximum absolute atomic E-state index is 5.94. The highest BCUT2D eigenvalue weighted by atomic mass is 35.5. The Bertz CT molecular complexity index is 249. The molecule has 0 saturated heterocycles. The van der Waals surface area contributed by atoms with Gasteiger partial charge in [-0.3, -0.25) is 0 Å². The lowest BCUT2D eigenvalue weighted by Gasteiger charge is -1.96. The van der Waals surface area contributed by atoms with Gasteiger partial charge in [0, 0.05) is 18.3 Å². The van der Waals surface area contributed by atoms with Crippen LogP contribution < -0.4 is 5.32 Å². The van der Waals surface area contributed by atoms with Crippen LogP contribution in [0.4, 0.5) is 5.82 Å². The van der Waals surface area contributed by atoms with Gasteiger partial charge in [-0.1, -0.05) is 6.07 Å². The van der Waals surface area contributed by atoms with Crippen LogP contribution in [0, 0.1) is 0 Å². The number of alkyl halides is 1. The summed E-state index contributed by atoms with van der Waals surface area (Å²) in [6, 6.07) is 3.90. The molecule has 10 heavy (non-hydrogen) atoms. The lowest BCUT2D eigenvalue weighted by molar-refractivity contribution is 1.06. The molecule has 0 aliphatic carbocycles. The molecule has 2 rings (SSSR count). The van der Waals surface area contributed by atoms with Crippen LogP contribution in [0.2, 0.25) is 0 Å². The molecule has 1 aliphatic rings. The van der Waals surface area contributed by atoms with Crippen LogP contribution in [0.15, 0.2) is 18.3 Å². The first-order chi connectivity index (χ1) is 4.88. The van der Waals surface area contributed by atoms with Crippen molar-refractivity contribution in [3.63, 3.8) is 0 Å². The van der Waals surface area contributed by atoms with E-state index < -0.39 is 0 Å². The first-order valence-corrected chi connectivity index (χ1v) is 3.64. The minimum atomic E-state index is 0.101. The van der Waals surface area contributed by atoms with Crippen LogP contribution in [-0.2, 0) is 0 Å². The standard InChI is InChI=1S/C7H7ClN2/c8-6-4-10-7-5(6)2-1-3-9-7/h1-3,6H,4H2,(H,9,10). The van der Waals surface area contributed by atoms with Crippen molar-refractivity contribution in [2.24, 2.45) is 0 Å². The molecule has 2 heterocycles. The van der Waals surface area contributed by atoms with E-state index in [0.717, 1.165) is 17.9 Å². The highest BCUT2D eigenvalue weighted by Crippen LogP contribution is 2.31.